The molecule has 3 N–H and O–H groups in total. The maximum absolute atomic E-state index is 13.0. The third-order valence-electron chi connectivity index (χ3n) is 17.7. The van der Waals surface area contributed by atoms with E-state index in [0.29, 0.717) is 25.7 Å². The molecule has 0 amide bonds. The van der Waals surface area contributed by atoms with Gasteiger partial charge in [0.1, 0.15) is 19.3 Å². The highest BCUT2D eigenvalue weighted by Crippen LogP contribution is 2.45. The highest BCUT2D eigenvalue weighted by Gasteiger charge is 2.30. The van der Waals surface area contributed by atoms with E-state index in [9.17, 15) is 43.2 Å². The van der Waals surface area contributed by atoms with Crippen molar-refractivity contribution in [1.82, 2.24) is 0 Å². The summed E-state index contributed by atoms with van der Waals surface area (Å²) in [4.78, 5) is 72.6. The van der Waals surface area contributed by atoms with Gasteiger partial charge in [0.2, 0.25) is 0 Å². The smallest absolute Gasteiger partial charge is 0.462 e. The molecular formula is C72H140O17P2. The van der Waals surface area contributed by atoms with Crippen LogP contribution in [0.2, 0.25) is 0 Å². The van der Waals surface area contributed by atoms with Crippen molar-refractivity contribution in [3.05, 3.63) is 0 Å². The van der Waals surface area contributed by atoms with Gasteiger partial charge in [0.25, 0.3) is 0 Å². The van der Waals surface area contributed by atoms with E-state index in [-0.39, 0.29) is 25.7 Å². The number of hydrogen-bond acceptors (Lipinski definition) is 15. The molecule has 0 rings (SSSR count). The van der Waals surface area contributed by atoms with Crippen LogP contribution in [0.15, 0.2) is 0 Å². The predicted molar refractivity (Wildman–Crippen MR) is 368 cm³/mol. The predicted octanol–water partition coefficient (Wildman–Crippen LogP) is 20.6. The van der Waals surface area contributed by atoms with Gasteiger partial charge in [-0.2, -0.15) is 0 Å². The minimum atomic E-state index is -4.95. The van der Waals surface area contributed by atoms with Gasteiger partial charge in [0.15, 0.2) is 12.2 Å². The van der Waals surface area contributed by atoms with Gasteiger partial charge in [-0.05, 0) is 43.4 Å². The Labute approximate surface area is 556 Å². The second-order valence-electron chi connectivity index (χ2n) is 26.7. The molecule has 0 aliphatic rings. The molecule has 0 aliphatic carbocycles. The van der Waals surface area contributed by atoms with Crippen molar-refractivity contribution in [2.75, 3.05) is 39.6 Å². The summed E-state index contributed by atoms with van der Waals surface area (Å²) < 4.78 is 68.3. The van der Waals surface area contributed by atoms with E-state index < -0.39 is 97.5 Å². The van der Waals surface area contributed by atoms with Gasteiger partial charge in [-0.1, -0.05) is 312 Å². The van der Waals surface area contributed by atoms with Crippen LogP contribution in [0.25, 0.3) is 0 Å². The molecule has 0 bridgehead atoms. The molecule has 0 fully saturated rings. The summed E-state index contributed by atoms with van der Waals surface area (Å²) in [6.07, 6.45) is 47.2. The number of aliphatic hydroxyl groups excluding tert-OH is 1. The van der Waals surface area contributed by atoms with Crippen LogP contribution < -0.4 is 0 Å². The van der Waals surface area contributed by atoms with Crippen molar-refractivity contribution in [3.8, 4) is 0 Å². The first-order valence-corrected chi connectivity index (χ1v) is 40.5. The lowest BCUT2D eigenvalue weighted by molar-refractivity contribution is -0.161. The van der Waals surface area contributed by atoms with Gasteiger partial charge in [0, 0.05) is 25.7 Å². The van der Waals surface area contributed by atoms with Gasteiger partial charge in [-0.25, -0.2) is 9.13 Å². The van der Waals surface area contributed by atoms with E-state index in [1.165, 1.54) is 167 Å². The zero-order chi connectivity index (χ0) is 67.3. The molecule has 540 valence electrons. The number of carbonyl (C=O) groups excluding carboxylic acids is 4. The number of hydrogen-bond donors (Lipinski definition) is 3. The molecule has 19 heteroatoms. The summed E-state index contributed by atoms with van der Waals surface area (Å²) in [6.45, 7) is 11.8. The van der Waals surface area contributed by atoms with Crippen molar-refractivity contribution >= 4 is 39.5 Å². The fourth-order valence-corrected chi connectivity index (χ4v) is 12.4. The molecule has 91 heavy (non-hydrogen) atoms. The number of phosphoric ester groups is 2. The lowest BCUT2D eigenvalue weighted by Gasteiger charge is -2.21. The summed E-state index contributed by atoms with van der Waals surface area (Å²) in [7, 11) is -9.90. The zero-order valence-electron chi connectivity index (χ0n) is 59.3. The summed E-state index contributed by atoms with van der Waals surface area (Å²) >= 11 is 0. The van der Waals surface area contributed by atoms with Gasteiger partial charge in [0.05, 0.1) is 26.4 Å². The third-order valence-corrected chi connectivity index (χ3v) is 19.6. The Morgan fingerprint density at radius 3 is 0.780 bits per heavy atom. The maximum Gasteiger partial charge on any atom is 0.472 e. The van der Waals surface area contributed by atoms with Gasteiger partial charge in [-0.3, -0.25) is 37.3 Å². The number of rotatable bonds is 70. The topological polar surface area (TPSA) is 237 Å². The Kier molecular flexibility index (Phi) is 61.5. The maximum atomic E-state index is 13.0. The minimum absolute atomic E-state index is 0.102. The van der Waals surface area contributed by atoms with Crippen LogP contribution in [-0.2, 0) is 65.4 Å². The molecule has 0 radical (unpaired) electrons. The summed E-state index contributed by atoms with van der Waals surface area (Å²) in [5, 5.41) is 10.6. The fourth-order valence-electron chi connectivity index (χ4n) is 10.8. The van der Waals surface area contributed by atoms with Crippen LogP contribution in [0.3, 0.4) is 0 Å². The molecule has 0 aromatic carbocycles. The molecule has 0 aromatic heterocycles. The Hall–Kier alpha value is -1.94. The molecular weight excluding hydrogens is 1200 g/mol. The van der Waals surface area contributed by atoms with Gasteiger partial charge >= 0.3 is 39.5 Å². The largest absolute Gasteiger partial charge is 0.472 e. The Balaban J connectivity index is 5.24. The number of carbonyl (C=O) groups is 4. The zero-order valence-corrected chi connectivity index (χ0v) is 61.1. The summed E-state index contributed by atoms with van der Waals surface area (Å²) in [6, 6.07) is 0. The Morgan fingerprint density at radius 2 is 0.527 bits per heavy atom. The molecule has 0 saturated carbocycles. The van der Waals surface area contributed by atoms with E-state index >= 15 is 0 Å². The molecule has 0 aromatic rings. The van der Waals surface area contributed by atoms with Crippen molar-refractivity contribution in [1.29, 1.82) is 0 Å². The number of ether oxygens (including phenoxy) is 4. The number of aliphatic hydroxyl groups is 1. The average molecular weight is 1340 g/mol. The van der Waals surface area contributed by atoms with Crippen molar-refractivity contribution < 1.29 is 80.2 Å². The Morgan fingerprint density at radius 1 is 0.308 bits per heavy atom. The standard InChI is InChI=1S/C72H140O17P2/c1-8-12-13-14-15-16-17-20-24-27-30-39-46-53-69(74)82-59-67(88-71(76)55-48-41-31-28-25-22-19-18-21-23-26-29-36-43-50-63(5)9-2)61-86-90(78,79)84-57-66(73)58-85-91(80,81)87-62-68(89-72(77)56-49-42-35-33-38-45-52-65(7)11-4)60-83-70(75)54-47-40-34-32-37-44-51-64(6)10-3/h63-68,73H,8-62H2,1-7H3,(H,78,79)(H,80,81)/t63?,64?,65?,66-,67-,68-/m1/s1. The molecule has 5 unspecified atom stereocenters. The minimum Gasteiger partial charge on any atom is -0.462 e. The SMILES string of the molecule is CCCCCCCCCCCCCCCC(=O)OC[C@H](COP(=O)(O)OC[C@@H](O)COP(=O)(O)OC[C@@H](COC(=O)CCCCCCCCC(C)CC)OC(=O)CCCCCCCCC(C)CC)OC(=O)CCCCCCCCCCCCCCCCC(C)CC. The molecule has 0 spiro atoms. The fraction of sp³-hybridized carbons (Fsp3) is 0.944. The number of esters is 4. The lowest BCUT2D eigenvalue weighted by atomic mass is 9.99. The molecule has 0 aliphatic heterocycles. The highest BCUT2D eigenvalue weighted by molar-refractivity contribution is 7.47. The van der Waals surface area contributed by atoms with E-state index in [1.54, 1.807) is 0 Å². The van der Waals surface area contributed by atoms with Crippen LogP contribution in [0.5, 0.6) is 0 Å². The number of unbranched alkanes of at least 4 members (excludes halogenated alkanes) is 35. The molecule has 17 nitrogen and oxygen atoms in total. The lowest BCUT2D eigenvalue weighted by Crippen LogP contribution is -2.30. The van der Waals surface area contributed by atoms with E-state index in [4.69, 9.17) is 37.0 Å². The van der Waals surface area contributed by atoms with Gasteiger partial charge < -0.3 is 33.8 Å². The highest BCUT2D eigenvalue weighted by atomic mass is 31.2. The summed E-state index contributed by atoms with van der Waals surface area (Å²) in [5.74, 6) is 0.170. The first kappa shape index (κ1) is 89.1. The molecule has 0 saturated heterocycles. The van der Waals surface area contributed by atoms with Crippen molar-refractivity contribution in [2.24, 2.45) is 17.8 Å². The normalized spacial score (nSPS) is 15.1. The van der Waals surface area contributed by atoms with Crippen LogP contribution in [0, 0.1) is 17.8 Å². The summed E-state index contributed by atoms with van der Waals surface area (Å²) in [5.41, 5.74) is 0. The monoisotopic (exact) mass is 1340 g/mol. The number of phosphoric acid groups is 2. The average Bonchev–Trinajstić information content (AvgIpc) is 3.73. The van der Waals surface area contributed by atoms with Crippen LogP contribution in [0.1, 0.15) is 363 Å². The van der Waals surface area contributed by atoms with E-state index in [2.05, 4.69) is 48.5 Å². The van der Waals surface area contributed by atoms with E-state index in [0.717, 1.165) is 114 Å². The van der Waals surface area contributed by atoms with E-state index in [1.807, 2.05) is 0 Å². The second-order valence-corrected chi connectivity index (χ2v) is 29.6. The first-order valence-electron chi connectivity index (χ1n) is 37.5. The second kappa shape index (κ2) is 62.8. The van der Waals surface area contributed by atoms with Crippen LogP contribution in [0.4, 0.5) is 0 Å². The molecule has 0 heterocycles. The van der Waals surface area contributed by atoms with Crippen molar-refractivity contribution in [3.63, 3.8) is 0 Å². The third kappa shape index (κ3) is 62.6. The molecule has 8 atom stereocenters. The Bertz CT molecular complexity index is 1790. The first-order chi connectivity index (χ1) is 43.8. The van der Waals surface area contributed by atoms with Crippen LogP contribution in [-0.4, -0.2) is 96.7 Å². The van der Waals surface area contributed by atoms with Gasteiger partial charge in [-0.15, -0.1) is 0 Å². The quantitative estimate of drug-likeness (QED) is 0.0222. The van der Waals surface area contributed by atoms with Crippen LogP contribution >= 0.6 is 15.6 Å². The van der Waals surface area contributed by atoms with Crippen molar-refractivity contribution in [2.45, 2.75) is 381 Å².